The maximum absolute atomic E-state index is 11.8. The minimum absolute atomic E-state index is 0.0979. The number of amides is 1. The van der Waals surface area contributed by atoms with Crippen molar-refractivity contribution in [2.24, 2.45) is 5.92 Å². The highest BCUT2D eigenvalue weighted by atomic mass is 32.2. The molecule has 0 aromatic rings. The van der Waals surface area contributed by atoms with Gasteiger partial charge >= 0.3 is 5.97 Å². The fourth-order valence-corrected chi connectivity index (χ4v) is 3.75. The monoisotopic (exact) mass is 291 g/mol. The number of hydrogen-bond acceptors (Lipinski definition) is 5. The van der Waals surface area contributed by atoms with E-state index in [9.17, 15) is 18.0 Å². The van der Waals surface area contributed by atoms with Gasteiger partial charge in [0.25, 0.3) is 0 Å². The second-order valence-electron chi connectivity index (χ2n) is 5.03. The molecule has 0 bridgehead atoms. The first kappa shape index (κ1) is 15.9. The Kier molecular flexibility index (Phi) is 5.78. The fourth-order valence-electron chi connectivity index (χ4n) is 2.25. The van der Waals surface area contributed by atoms with Crippen molar-refractivity contribution in [2.45, 2.75) is 38.6 Å². The lowest BCUT2D eigenvalue weighted by molar-refractivity contribution is -0.144. The van der Waals surface area contributed by atoms with Gasteiger partial charge in [-0.05, 0) is 12.8 Å². The molecule has 0 aliphatic heterocycles. The highest BCUT2D eigenvalue weighted by molar-refractivity contribution is 7.92. The average Bonchev–Trinajstić information content (AvgIpc) is 2.78. The minimum atomic E-state index is -3.59. The summed E-state index contributed by atoms with van der Waals surface area (Å²) in [5.41, 5.74) is 0. The van der Waals surface area contributed by atoms with Gasteiger partial charge in [-0.2, -0.15) is 0 Å². The number of carbonyl (C=O) groups is 2. The van der Waals surface area contributed by atoms with Crippen molar-refractivity contribution in [3.05, 3.63) is 0 Å². The van der Waals surface area contributed by atoms with Crippen LogP contribution in [0.3, 0.4) is 0 Å². The van der Waals surface area contributed by atoms with E-state index in [1.165, 1.54) is 14.0 Å². The van der Waals surface area contributed by atoms with Crippen LogP contribution in [0.1, 0.15) is 32.6 Å². The molecule has 0 saturated heterocycles. The van der Waals surface area contributed by atoms with E-state index in [2.05, 4.69) is 10.1 Å². The summed E-state index contributed by atoms with van der Waals surface area (Å²) in [4.78, 5) is 22.8. The first-order valence-electron chi connectivity index (χ1n) is 6.41. The fraction of sp³-hybridized carbons (Fsp3) is 0.833. The molecule has 19 heavy (non-hydrogen) atoms. The van der Waals surface area contributed by atoms with Crippen LogP contribution in [-0.2, 0) is 24.2 Å². The molecule has 0 radical (unpaired) electrons. The lowest BCUT2D eigenvalue weighted by Crippen LogP contribution is -2.38. The van der Waals surface area contributed by atoms with E-state index in [1.54, 1.807) is 0 Å². The number of nitrogens with one attached hydrogen (secondary N) is 1. The Balaban J connectivity index is 2.44. The van der Waals surface area contributed by atoms with E-state index in [0.29, 0.717) is 0 Å². The smallest absolute Gasteiger partial charge is 0.309 e. The maximum Gasteiger partial charge on any atom is 0.309 e. The van der Waals surface area contributed by atoms with Gasteiger partial charge in [-0.3, -0.25) is 9.59 Å². The van der Waals surface area contributed by atoms with Crippen molar-refractivity contribution in [2.75, 3.05) is 18.6 Å². The predicted octanol–water partition coefficient (Wildman–Crippen LogP) is 0.269. The molecule has 1 amide bonds. The summed E-state index contributed by atoms with van der Waals surface area (Å²) in [6.07, 6.45) is 3.95. The van der Waals surface area contributed by atoms with Crippen molar-refractivity contribution in [3.63, 3.8) is 0 Å². The topological polar surface area (TPSA) is 89.5 Å². The van der Waals surface area contributed by atoms with Gasteiger partial charge in [-0.15, -0.1) is 0 Å². The average molecular weight is 291 g/mol. The summed E-state index contributed by atoms with van der Waals surface area (Å²) >= 11 is 0. The Bertz CT molecular complexity index is 425. The molecule has 110 valence electrons. The Hall–Kier alpha value is -1.11. The van der Waals surface area contributed by atoms with Crippen LogP contribution in [0.2, 0.25) is 0 Å². The number of esters is 1. The largest absolute Gasteiger partial charge is 0.469 e. The lowest BCUT2D eigenvalue weighted by atomic mass is 10.2. The van der Waals surface area contributed by atoms with Crippen LogP contribution in [0.25, 0.3) is 0 Å². The second-order valence-corrected chi connectivity index (χ2v) is 7.14. The van der Waals surface area contributed by atoms with Gasteiger partial charge in [-0.1, -0.05) is 19.8 Å². The standard InChI is InChI=1S/C12H21NO5S/c1-9(12(15)18-2)7-19(16,17)8-11(14)13-10-5-3-4-6-10/h9-10H,3-8H2,1-2H3,(H,13,14). The number of rotatable bonds is 6. The van der Waals surface area contributed by atoms with Crippen LogP contribution < -0.4 is 5.32 Å². The van der Waals surface area contributed by atoms with Gasteiger partial charge in [0, 0.05) is 6.04 Å². The lowest BCUT2D eigenvalue weighted by Gasteiger charge is -2.13. The molecular weight excluding hydrogens is 270 g/mol. The summed E-state index contributed by atoms with van der Waals surface area (Å²) < 4.78 is 28.0. The Morgan fingerprint density at radius 2 is 1.89 bits per heavy atom. The highest BCUT2D eigenvalue weighted by Gasteiger charge is 2.26. The van der Waals surface area contributed by atoms with E-state index in [1.807, 2.05) is 0 Å². The van der Waals surface area contributed by atoms with Crippen molar-refractivity contribution >= 4 is 21.7 Å². The number of methoxy groups -OCH3 is 1. The number of sulfone groups is 1. The summed E-state index contributed by atoms with van der Waals surface area (Å²) in [6.45, 7) is 1.47. The molecule has 1 fully saturated rings. The zero-order valence-corrected chi connectivity index (χ0v) is 12.2. The summed E-state index contributed by atoms with van der Waals surface area (Å²) in [5, 5.41) is 2.72. The van der Waals surface area contributed by atoms with Gasteiger partial charge in [0.05, 0.1) is 18.8 Å². The molecule has 0 heterocycles. The third-order valence-electron chi connectivity index (χ3n) is 3.18. The normalized spacial score (nSPS) is 18.0. The quantitative estimate of drug-likeness (QED) is 0.709. The van der Waals surface area contributed by atoms with Crippen LogP contribution in [0.4, 0.5) is 0 Å². The van der Waals surface area contributed by atoms with Crippen LogP contribution in [0.15, 0.2) is 0 Å². The molecule has 0 aromatic carbocycles. The van der Waals surface area contributed by atoms with Crippen molar-refractivity contribution in [1.29, 1.82) is 0 Å². The van der Waals surface area contributed by atoms with Crippen molar-refractivity contribution in [1.82, 2.24) is 5.32 Å². The van der Waals surface area contributed by atoms with Gasteiger partial charge in [0.15, 0.2) is 9.84 Å². The molecule has 0 spiro atoms. The summed E-state index contributed by atoms with van der Waals surface area (Å²) in [7, 11) is -2.38. The van der Waals surface area contributed by atoms with E-state index in [0.717, 1.165) is 25.7 Å². The van der Waals surface area contributed by atoms with Crippen molar-refractivity contribution in [3.8, 4) is 0 Å². The first-order valence-corrected chi connectivity index (χ1v) is 8.24. The molecule has 1 atom stereocenters. The van der Waals surface area contributed by atoms with E-state index < -0.39 is 33.4 Å². The predicted molar refractivity (Wildman–Crippen MR) is 70.2 cm³/mol. The van der Waals surface area contributed by atoms with E-state index >= 15 is 0 Å². The van der Waals surface area contributed by atoms with Gasteiger partial charge in [0.1, 0.15) is 5.75 Å². The van der Waals surface area contributed by atoms with Gasteiger partial charge in [-0.25, -0.2) is 8.42 Å². The van der Waals surface area contributed by atoms with Gasteiger partial charge < -0.3 is 10.1 Å². The highest BCUT2D eigenvalue weighted by Crippen LogP contribution is 2.17. The van der Waals surface area contributed by atoms with E-state index in [-0.39, 0.29) is 11.8 Å². The molecule has 1 rings (SSSR count). The third kappa shape index (κ3) is 5.59. The molecule has 0 aromatic heterocycles. The molecule has 1 saturated carbocycles. The summed E-state index contributed by atoms with van der Waals surface area (Å²) in [6, 6.07) is 0.0979. The van der Waals surface area contributed by atoms with Crippen molar-refractivity contribution < 1.29 is 22.7 Å². The zero-order chi connectivity index (χ0) is 14.5. The van der Waals surface area contributed by atoms with Crippen LogP contribution in [-0.4, -0.2) is 45.0 Å². The zero-order valence-electron chi connectivity index (χ0n) is 11.3. The number of carbonyl (C=O) groups excluding carboxylic acids is 2. The Morgan fingerprint density at radius 3 is 2.42 bits per heavy atom. The Labute approximate surface area is 113 Å². The van der Waals surface area contributed by atoms with Crippen LogP contribution >= 0.6 is 0 Å². The van der Waals surface area contributed by atoms with Crippen LogP contribution in [0.5, 0.6) is 0 Å². The Morgan fingerprint density at radius 1 is 1.32 bits per heavy atom. The van der Waals surface area contributed by atoms with Crippen LogP contribution in [0, 0.1) is 5.92 Å². The SMILES string of the molecule is COC(=O)C(C)CS(=O)(=O)CC(=O)NC1CCCC1. The van der Waals surface area contributed by atoms with Gasteiger partial charge in [0.2, 0.25) is 5.91 Å². The third-order valence-corrected chi connectivity index (χ3v) is 4.89. The number of ether oxygens (including phenoxy) is 1. The number of hydrogen-bond donors (Lipinski definition) is 1. The first-order chi connectivity index (χ1) is 8.84. The maximum atomic E-state index is 11.8. The summed E-state index contributed by atoms with van der Waals surface area (Å²) in [5.74, 6) is -2.75. The second kappa shape index (κ2) is 6.88. The molecule has 1 aliphatic rings. The molecule has 1 unspecified atom stereocenters. The molecule has 1 N–H and O–H groups in total. The molecule has 7 heteroatoms. The molecular formula is C12H21NO5S. The molecule has 6 nitrogen and oxygen atoms in total. The minimum Gasteiger partial charge on any atom is -0.469 e. The van der Waals surface area contributed by atoms with E-state index in [4.69, 9.17) is 0 Å². The molecule has 1 aliphatic carbocycles.